The maximum atomic E-state index is 12.3. The molecule has 3 fully saturated rings. The summed E-state index contributed by atoms with van der Waals surface area (Å²) in [5.41, 5.74) is 2.09. The number of aryl methyl sites for hydroxylation is 1. The van der Waals surface area contributed by atoms with E-state index >= 15 is 0 Å². The Balaban J connectivity index is 1.14. The van der Waals surface area contributed by atoms with E-state index in [1.165, 1.54) is 5.56 Å². The van der Waals surface area contributed by atoms with Crippen molar-refractivity contribution in [3.05, 3.63) is 63.6 Å². The summed E-state index contributed by atoms with van der Waals surface area (Å²) in [5.74, 6) is 0.469. The van der Waals surface area contributed by atoms with Crippen molar-refractivity contribution < 1.29 is 19.1 Å². The van der Waals surface area contributed by atoms with Gasteiger partial charge in [0.05, 0.1) is 16.7 Å². The lowest BCUT2D eigenvalue weighted by Crippen LogP contribution is -2.75. The average Bonchev–Trinajstić information content (AvgIpc) is 2.68. The third-order valence-electron chi connectivity index (χ3n) is 6.03. The highest BCUT2D eigenvalue weighted by Crippen LogP contribution is 2.68. The van der Waals surface area contributed by atoms with Crippen LogP contribution in [0.25, 0.3) is 0 Å². The molecule has 3 saturated carbocycles. The van der Waals surface area contributed by atoms with E-state index in [0.717, 1.165) is 24.8 Å². The van der Waals surface area contributed by atoms with Crippen molar-refractivity contribution >= 4 is 34.9 Å². The summed E-state index contributed by atoms with van der Waals surface area (Å²) in [6.45, 7) is 2.49. The van der Waals surface area contributed by atoms with Crippen LogP contribution in [0.3, 0.4) is 0 Å². The molecule has 0 unspecified atom stereocenters. The Hall–Kier alpha value is -2.08. The first kappa shape index (κ1) is 22.1. The summed E-state index contributed by atoms with van der Waals surface area (Å²) >= 11 is 11.8. The van der Waals surface area contributed by atoms with Gasteiger partial charge in [-0.1, -0.05) is 53.0 Å². The second kappa shape index (κ2) is 8.81. The summed E-state index contributed by atoms with van der Waals surface area (Å²) in [5, 5.41) is 3.93. The van der Waals surface area contributed by atoms with Gasteiger partial charge < -0.3 is 14.8 Å². The van der Waals surface area contributed by atoms with Gasteiger partial charge in [-0.05, 0) is 49.3 Å². The largest absolute Gasteiger partial charge is 0.486 e. The van der Waals surface area contributed by atoms with Crippen molar-refractivity contribution in [1.82, 2.24) is 5.32 Å². The summed E-state index contributed by atoms with van der Waals surface area (Å²) in [6.07, 6.45) is 2.97. The van der Waals surface area contributed by atoms with Crippen molar-refractivity contribution in [1.29, 1.82) is 0 Å². The molecular formula is C24H25Cl2NO4. The first-order chi connectivity index (χ1) is 14.8. The van der Waals surface area contributed by atoms with Crippen LogP contribution in [-0.2, 0) is 20.9 Å². The van der Waals surface area contributed by atoms with E-state index in [4.69, 9.17) is 32.7 Å². The van der Waals surface area contributed by atoms with E-state index in [1.807, 2.05) is 31.2 Å². The third kappa shape index (κ3) is 5.22. The highest BCUT2D eigenvalue weighted by atomic mass is 35.5. The maximum absolute atomic E-state index is 12.3. The Labute approximate surface area is 192 Å². The molecule has 5 rings (SSSR count). The van der Waals surface area contributed by atoms with Crippen molar-refractivity contribution in [2.45, 2.75) is 44.8 Å². The van der Waals surface area contributed by atoms with Gasteiger partial charge in [0.1, 0.15) is 19.0 Å². The standard InChI is InChI=1S/C24H25Cl2NO4/c1-16-2-4-17(5-3-16)10-30-12-22(29)27-24-13-23(14-24,15-24)9-18(28)11-31-19-6-7-20(25)21(26)8-19/h2-8H,9-15H2,1H3,(H,27,29). The van der Waals surface area contributed by atoms with Crippen molar-refractivity contribution in [3.8, 4) is 5.75 Å². The van der Waals surface area contributed by atoms with Gasteiger partial charge in [-0.3, -0.25) is 9.59 Å². The molecule has 2 bridgehead atoms. The highest BCUT2D eigenvalue weighted by Gasteiger charge is 2.68. The smallest absolute Gasteiger partial charge is 0.246 e. The lowest BCUT2D eigenvalue weighted by atomic mass is 9.38. The van der Waals surface area contributed by atoms with Gasteiger partial charge >= 0.3 is 0 Å². The molecule has 31 heavy (non-hydrogen) atoms. The van der Waals surface area contributed by atoms with Crippen LogP contribution in [0.15, 0.2) is 42.5 Å². The predicted molar refractivity (Wildman–Crippen MR) is 120 cm³/mol. The molecule has 0 atom stereocenters. The quantitative estimate of drug-likeness (QED) is 0.546. The number of Topliss-reactive ketones (excluding diaryl/α,β-unsaturated/α-hetero) is 1. The fourth-order valence-corrected chi connectivity index (χ4v) is 5.08. The second-order valence-corrected chi connectivity index (χ2v) is 9.73. The number of amides is 1. The minimum atomic E-state index is -0.158. The third-order valence-corrected chi connectivity index (χ3v) is 6.77. The maximum Gasteiger partial charge on any atom is 0.246 e. The number of ether oxygens (including phenoxy) is 2. The zero-order valence-electron chi connectivity index (χ0n) is 17.4. The van der Waals surface area contributed by atoms with E-state index < -0.39 is 0 Å². The number of carbonyl (C=O) groups excluding carboxylic acids is 2. The van der Waals surface area contributed by atoms with E-state index in [-0.39, 0.29) is 35.9 Å². The molecule has 1 amide bonds. The molecule has 7 heteroatoms. The molecule has 0 saturated heterocycles. The lowest BCUT2D eigenvalue weighted by molar-refractivity contribution is -0.174. The Kier molecular flexibility index (Phi) is 6.29. The van der Waals surface area contributed by atoms with E-state index in [2.05, 4.69) is 5.32 Å². The molecule has 0 aromatic heterocycles. The zero-order valence-corrected chi connectivity index (χ0v) is 18.9. The van der Waals surface area contributed by atoms with E-state index in [9.17, 15) is 9.59 Å². The number of hydrogen-bond acceptors (Lipinski definition) is 4. The van der Waals surface area contributed by atoms with Crippen LogP contribution >= 0.6 is 23.2 Å². The minimum Gasteiger partial charge on any atom is -0.486 e. The fourth-order valence-electron chi connectivity index (χ4n) is 4.80. The van der Waals surface area contributed by atoms with Crippen LogP contribution in [0.2, 0.25) is 10.0 Å². The molecule has 5 nitrogen and oxygen atoms in total. The van der Waals surface area contributed by atoms with Gasteiger partial charge in [0, 0.05) is 18.0 Å². The van der Waals surface area contributed by atoms with Gasteiger partial charge in [0.2, 0.25) is 5.91 Å². The topological polar surface area (TPSA) is 64.6 Å². The normalized spacial score (nSPS) is 23.5. The molecule has 1 N–H and O–H groups in total. The molecule has 0 heterocycles. The van der Waals surface area contributed by atoms with Crippen molar-refractivity contribution in [2.75, 3.05) is 13.2 Å². The molecule has 2 aromatic rings. The number of halogens is 2. The summed E-state index contributed by atoms with van der Waals surface area (Å²) in [6, 6.07) is 13.0. The number of benzene rings is 2. The molecule has 0 aliphatic heterocycles. The number of nitrogens with one attached hydrogen (secondary N) is 1. The molecule has 0 radical (unpaired) electrons. The van der Waals surface area contributed by atoms with Crippen LogP contribution in [0.1, 0.15) is 36.8 Å². The molecule has 3 aliphatic carbocycles. The van der Waals surface area contributed by atoms with E-state index in [0.29, 0.717) is 28.8 Å². The zero-order chi connectivity index (χ0) is 22.1. The average molecular weight is 462 g/mol. The minimum absolute atomic E-state index is 0.00587. The molecule has 0 spiro atoms. The van der Waals surface area contributed by atoms with Gasteiger partial charge in [-0.25, -0.2) is 0 Å². The summed E-state index contributed by atoms with van der Waals surface area (Å²) in [7, 11) is 0. The molecular weight excluding hydrogens is 437 g/mol. The monoisotopic (exact) mass is 461 g/mol. The van der Waals surface area contributed by atoms with Crippen molar-refractivity contribution in [2.24, 2.45) is 5.41 Å². The van der Waals surface area contributed by atoms with E-state index in [1.54, 1.807) is 18.2 Å². The van der Waals surface area contributed by atoms with Crippen LogP contribution in [0.4, 0.5) is 0 Å². The van der Waals surface area contributed by atoms with Crippen LogP contribution in [0, 0.1) is 12.3 Å². The number of rotatable bonds is 10. The predicted octanol–water partition coefficient (Wildman–Crippen LogP) is 4.90. The Morgan fingerprint density at radius 3 is 2.39 bits per heavy atom. The van der Waals surface area contributed by atoms with Crippen LogP contribution < -0.4 is 10.1 Å². The number of carbonyl (C=O) groups is 2. The first-order valence-corrected chi connectivity index (χ1v) is 11.1. The van der Waals surface area contributed by atoms with Crippen LogP contribution in [-0.4, -0.2) is 30.4 Å². The van der Waals surface area contributed by atoms with Gasteiger partial charge in [-0.15, -0.1) is 0 Å². The summed E-state index contributed by atoms with van der Waals surface area (Å²) < 4.78 is 11.1. The molecule has 3 aliphatic rings. The first-order valence-electron chi connectivity index (χ1n) is 10.3. The molecule has 2 aromatic carbocycles. The fraction of sp³-hybridized carbons (Fsp3) is 0.417. The Morgan fingerprint density at radius 1 is 1.00 bits per heavy atom. The summed E-state index contributed by atoms with van der Waals surface area (Å²) in [4.78, 5) is 24.5. The molecule has 164 valence electrons. The van der Waals surface area contributed by atoms with Gasteiger partial charge in [0.15, 0.2) is 5.78 Å². The van der Waals surface area contributed by atoms with Crippen molar-refractivity contribution in [3.63, 3.8) is 0 Å². The Morgan fingerprint density at radius 2 is 1.71 bits per heavy atom. The lowest BCUT2D eigenvalue weighted by Gasteiger charge is -2.70. The van der Waals surface area contributed by atoms with Gasteiger partial charge in [0.25, 0.3) is 0 Å². The number of ketones is 1. The SMILES string of the molecule is Cc1ccc(COCC(=O)NC23CC(CC(=O)COc4ccc(Cl)c(Cl)c4)(C2)C3)cc1. The second-order valence-electron chi connectivity index (χ2n) is 8.92. The van der Waals surface area contributed by atoms with Crippen LogP contribution in [0.5, 0.6) is 5.75 Å². The van der Waals surface area contributed by atoms with Gasteiger partial charge in [-0.2, -0.15) is 0 Å². The number of hydrogen-bond donors (Lipinski definition) is 1. The highest BCUT2D eigenvalue weighted by molar-refractivity contribution is 6.42. The Bertz CT molecular complexity index is 970.